The van der Waals surface area contributed by atoms with Crippen molar-refractivity contribution in [2.45, 2.75) is 19.4 Å². The second kappa shape index (κ2) is 3.05. The maximum atomic E-state index is 4.97. The number of ether oxygens (including phenoxy) is 1. The molecule has 2 nitrogen and oxygen atoms in total. The molecular weight excluding hydrogens is 102 g/mol. The first-order valence-corrected chi connectivity index (χ1v) is 3.24. The van der Waals surface area contributed by atoms with Gasteiger partial charge in [0, 0.05) is 1.43 Å². The summed E-state index contributed by atoms with van der Waals surface area (Å²) in [4.78, 5) is 0. The zero-order chi connectivity index (χ0) is 5.82. The second-order valence-corrected chi connectivity index (χ2v) is 2.19. The zero-order valence-electron chi connectivity index (χ0n) is 5.31. The molecule has 0 amide bonds. The van der Waals surface area contributed by atoms with E-state index in [1.54, 1.807) is 0 Å². The van der Waals surface area contributed by atoms with E-state index in [1.807, 2.05) is 0 Å². The van der Waals surface area contributed by atoms with Crippen molar-refractivity contribution in [3.63, 3.8) is 0 Å². The Labute approximate surface area is 51.7 Å². The normalized spacial score (nSPS) is 20.6. The minimum Gasteiger partial charge on any atom is -0.378 e. The van der Waals surface area contributed by atoms with E-state index in [2.05, 4.69) is 12.2 Å². The molecule has 2 heteroatoms. The van der Waals surface area contributed by atoms with Gasteiger partial charge in [0.25, 0.3) is 0 Å². The third-order valence-electron chi connectivity index (χ3n) is 1.32. The predicted molar refractivity (Wildman–Crippen MR) is 35.0 cm³/mol. The molecule has 50 valence electrons. The van der Waals surface area contributed by atoms with Gasteiger partial charge in [-0.25, -0.2) is 0 Å². The summed E-state index contributed by atoms with van der Waals surface area (Å²) < 4.78 is 4.97. The first-order chi connectivity index (χ1) is 3.93. The maximum absolute atomic E-state index is 4.97. The monoisotopic (exact) mass is 117 g/mol. The molecule has 0 bridgehead atoms. The predicted octanol–water partition coefficient (Wildman–Crippen LogP) is 0.631. The van der Waals surface area contributed by atoms with E-state index in [9.17, 15) is 0 Å². The molecule has 1 N–H and O–H groups in total. The summed E-state index contributed by atoms with van der Waals surface area (Å²) in [6.45, 7) is 5.14. The molecule has 0 aromatic carbocycles. The van der Waals surface area contributed by atoms with Crippen LogP contribution in [-0.4, -0.2) is 25.8 Å². The molecule has 1 saturated heterocycles. The van der Waals surface area contributed by atoms with E-state index in [0.29, 0.717) is 6.04 Å². The van der Waals surface area contributed by atoms with Crippen molar-refractivity contribution in [2.75, 3.05) is 19.8 Å². The van der Waals surface area contributed by atoms with Crippen molar-refractivity contribution < 1.29 is 6.16 Å². The summed E-state index contributed by atoms with van der Waals surface area (Å²) in [5.41, 5.74) is 0. The minimum atomic E-state index is 0. The fourth-order valence-electron chi connectivity index (χ4n) is 0.702. The lowest BCUT2D eigenvalue weighted by Gasteiger charge is -2.26. The first kappa shape index (κ1) is 6.05. The van der Waals surface area contributed by atoms with Gasteiger partial charge in [0.2, 0.25) is 0 Å². The summed E-state index contributed by atoms with van der Waals surface area (Å²) >= 11 is 0. The van der Waals surface area contributed by atoms with Gasteiger partial charge in [0.15, 0.2) is 0 Å². The maximum Gasteiger partial charge on any atom is 0.0643 e. The highest BCUT2D eigenvalue weighted by Crippen LogP contribution is 1.98. The Morgan fingerprint density at radius 1 is 1.75 bits per heavy atom. The summed E-state index contributed by atoms with van der Waals surface area (Å²) in [7, 11) is 0. The van der Waals surface area contributed by atoms with E-state index >= 15 is 0 Å². The average molecular weight is 117 g/mol. The van der Waals surface area contributed by atoms with Crippen LogP contribution in [0.15, 0.2) is 0 Å². The highest BCUT2D eigenvalue weighted by molar-refractivity contribution is 4.71. The van der Waals surface area contributed by atoms with Gasteiger partial charge in [-0.3, -0.25) is 0 Å². The van der Waals surface area contributed by atoms with Crippen LogP contribution in [0.2, 0.25) is 0 Å². The van der Waals surface area contributed by atoms with E-state index < -0.39 is 0 Å². The molecule has 0 aromatic rings. The molecule has 0 spiro atoms. The van der Waals surface area contributed by atoms with Gasteiger partial charge in [-0.15, -0.1) is 0 Å². The summed E-state index contributed by atoms with van der Waals surface area (Å²) in [6, 6.07) is 0.662. The molecule has 1 fully saturated rings. The SMILES string of the molecule is CCCNC1COC1.[HH]. The van der Waals surface area contributed by atoms with Crippen molar-refractivity contribution in [2.24, 2.45) is 0 Å². The molecule has 1 aliphatic rings. The largest absolute Gasteiger partial charge is 0.378 e. The van der Waals surface area contributed by atoms with Crippen LogP contribution >= 0.6 is 0 Å². The molecular formula is C6H15NO. The summed E-state index contributed by atoms with van der Waals surface area (Å²) in [5, 5.41) is 3.34. The number of rotatable bonds is 3. The average Bonchev–Trinajstić information content (AvgIpc) is 1.63. The molecule has 8 heavy (non-hydrogen) atoms. The van der Waals surface area contributed by atoms with Crippen LogP contribution in [0.4, 0.5) is 0 Å². The van der Waals surface area contributed by atoms with E-state index in [1.165, 1.54) is 6.42 Å². The van der Waals surface area contributed by atoms with Gasteiger partial charge in [0.05, 0.1) is 19.3 Å². The van der Waals surface area contributed by atoms with Crippen LogP contribution in [0, 0.1) is 0 Å². The molecule has 0 unspecified atom stereocenters. The van der Waals surface area contributed by atoms with Crippen LogP contribution < -0.4 is 5.32 Å². The fraction of sp³-hybridized carbons (Fsp3) is 1.00. The van der Waals surface area contributed by atoms with Crippen molar-refractivity contribution in [3.05, 3.63) is 0 Å². The highest BCUT2D eigenvalue weighted by Gasteiger charge is 2.15. The molecule has 1 aliphatic heterocycles. The Bertz CT molecular complexity index is 66.1. The van der Waals surface area contributed by atoms with Crippen molar-refractivity contribution in [1.29, 1.82) is 0 Å². The third kappa shape index (κ3) is 1.46. The molecule has 0 radical (unpaired) electrons. The highest BCUT2D eigenvalue weighted by atomic mass is 16.5. The fourth-order valence-corrected chi connectivity index (χ4v) is 0.702. The first-order valence-electron chi connectivity index (χ1n) is 3.24. The minimum absolute atomic E-state index is 0. The van der Waals surface area contributed by atoms with Gasteiger partial charge in [-0.1, -0.05) is 6.92 Å². The van der Waals surface area contributed by atoms with Crippen molar-refractivity contribution in [3.8, 4) is 0 Å². The van der Waals surface area contributed by atoms with Crippen LogP contribution in [0.5, 0.6) is 0 Å². The van der Waals surface area contributed by atoms with Crippen LogP contribution in [0.1, 0.15) is 14.8 Å². The van der Waals surface area contributed by atoms with Gasteiger partial charge >= 0.3 is 0 Å². The Balaban J connectivity index is 0.000000640. The lowest BCUT2D eigenvalue weighted by atomic mass is 10.2. The molecule has 1 rings (SSSR count). The van der Waals surface area contributed by atoms with E-state index in [4.69, 9.17) is 4.74 Å². The van der Waals surface area contributed by atoms with E-state index in [-0.39, 0.29) is 1.43 Å². The van der Waals surface area contributed by atoms with Gasteiger partial charge in [-0.2, -0.15) is 0 Å². The zero-order valence-corrected chi connectivity index (χ0v) is 5.31. The standard InChI is InChI=1S/C6H13NO.H2/c1-2-3-7-6-4-8-5-6;/h6-7H,2-5H2,1H3;1H. The van der Waals surface area contributed by atoms with Crippen molar-refractivity contribution in [1.82, 2.24) is 5.32 Å². The lowest BCUT2D eigenvalue weighted by molar-refractivity contribution is -0.00477. The Hall–Kier alpha value is -0.0800. The molecule has 1 heterocycles. The van der Waals surface area contributed by atoms with Crippen LogP contribution in [0.3, 0.4) is 0 Å². The van der Waals surface area contributed by atoms with Crippen LogP contribution in [-0.2, 0) is 4.74 Å². The van der Waals surface area contributed by atoms with Crippen molar-refractivity contribution >= 4 is 0 Å². The summed E-state index contributed by atoms with van der Waals surface area (Å²) in [6.07, 6.45) is 1.22. The second-order valence-electron chi connectivity index (χ2n) is 2.19. The van der Waals surface area contributed by atoms with Gasteiger partial charge in [0.1, 0.15) is 0 Å². The summed E-state index contributed by atoms with van der Waals surface area (Å²) in [5.74, 6) is 0. The number of hydrogen-bond acceptors (Lipinski definition) is 2. The molecule has 0 aromatic heterocycles. The number of hydrogen-bond donors (Lipinski definition) is 1. The number of nitrogens with one attached hydrogen (secondary N) is 1. The molecule has 0 saturated carbocycles. The van der Waals surface area contributed by atoms with Gasteiger partial charge < -0.3 is 10.1 Å². The Kier molecular flexibility index (Phi) is 2.30. The molecule has 0 aliphatic carbocycles. The third-order valence-corrected chi connectivity index (χ3v) is 1.32. The van der Waals surface area contributed by atoms with Crippen LogP contribution in [0.25, 0.3) is 0 Å². The molecule has 0 atom stereocenters. The Morgan fingerprint density at radius 2 is 2.50 bits per heavy atom. The smallest absolute Gasteiger partial charge is 0.0643 e. The Morgan fingerprint density at radius 3 is 2.88 bits per heavy atom. The van der Waals surface area contributed by atoms with E-state index in [0.717, 1.165) is 19.8 Å². The quantitative estimate of drug-likeness (QED) is 0.585. The lowest BCUT2D eigenvalue weighted by Crippen LogP contribution is -2.46. The van der Waals surface area contributed by atoms with Gasteiger partial charge in [-0.05, 0) is 13.0 Å². The topological polar surface area (TPSA) is 21.3 Å².